The highest BCUT2D eigenvalue weighted by molar-refractivity contribution is 6.04. The van der Waals surface area contributed by atoms with Crippen LogP contribution in [0.4, 0.5) is 5.69 Å². The molecule has 0 bridgehead atoms. The molecule has 0 saturated carbocycles. The van der Waals surface area contributed by atoms with Gasteiger partial charge in [0.15, 0.2) is 5.78 Å². The molecule has 2 aliphatic rings. The lowest BCUT2D eigenvalue weighted by Gasteiger charge is -2.37. The van der Waals surface area contributed by atoms with Crippen LogP contribution in [0, 0.1) is 12.3 Å². The molecule has 0 spiro atoms. The van der Waals surface area contributed by atoms with E-state index in [0.717, 1.165) is 60.2 Å². The first-order valence-corrected chi connectivity index (χ1v) is 11.9. The number of benzene rings is 1. The van der Waals surface area contributed by atoms with Crippen molar-refractivity contribution in [2.24, 2.45) is 12.5 Å². The lowest BCUT2D eigenvalue weighted by molar-refractivity contribution is -0.119. The standard InChI is InChI=1S/C27H35N3O2/c1-6-7-8-13-24(32)30-22-12-10-9-11-19(22)14-20-15-27(3,4)16-23(31)25(20)26(30)21-17-28-29(5)18(21)2/h9-12,17,26H,6-8,13-16H2,1-5H3. The Balaban J connectivity index is 1.94. The average molecular weight is 434 g/mol. The van der Waals surface area contributed by atoms with Gasteiger partial charge >= 0.3 is 0 Å². The summed E-state index contributed by atoms with van der Waals surface area (Å²) in [5.41, 5.74) is 5.93. The Bertz CT molecular complexity index is 1080. The zero-order chi connectivity index (χ0) is 23.0. The number of rotatable bonds is 5. The number of hydrogen-bond donors (Lipinski definition) is 0. The number of hydrogen-bond acceptors (Lipinski definition) is 3. The molecule has 0 N–H and O–H groups in total. The summed E-state index contributed by atoms with van der Waals surface area (Å²) in [7, 11) is 1.91. The van der Waals surface area contributed by atoms with E-state index < -0.39 is 6.04 Å². The van der Waals surface area contributed by atoms with Crippen molar-refractivity contribution in [3.63, 3.8) is 0 Å². The Labute approximate surface area is 191 Å². The summed E-state index contributed by atoms with van der Waals surface area (Å²) >= 11 is 0. The van der Waals surface area contributed by atoms with Crippen molar-refractivity contribution in [2.75, 3.05) is 4.90 Å². The molecule has 1 aliphatic carbocycles. The third-order valence-corrected chi connectivity index (χ3v) is 7.03. The molecule has 4 rings (SSSR count). The second-order valence-corrected chi connectivity index (χ2v) is 10.2. The van der Waals surface area contributed by atoms with E-state index >= 15 is 0 Å². The van der Waals surface area contributed by atoms with E-state index in [1.54, 1.807) is 0 Å². The number of aromatic nitrogens is 2. The van der Waals surface area contributed by atoms with Gasteiger partial charge in [0.25, 0.3) is 0 Å². The van der Waals surface area contributed by atoms with Crippen LogP contribution in [0.3, 0.4) is 0 Å². The fraction of sp³-hybridized carbons (Fsp3) is 0.519. The Morgan fingerprint density at radius 2 is 1.94 bits per heavy atom. The number of carbonyl (C=O) groups is 2. The number of para-hydroxylation sites is 1. The minimum absolute atomic E-state index is 0.0697. The van der Waals surface area contributed by atoms with Gasteiger partial charge in [-0.1, -0.05) is 57.4 Å². The third-order valence-electron chi connectivity index (χ3n) is 7.03. The maximum absolute atomic E-state index is 13.8. The predicted molar refractivity (Wildman–Crippen MR) is 128 cm³/mol. The molecule has 5 nitrogen and oxygen atoms in total. The number of Topliss-reactive ketones (excluding diaryl/α,β-unsaturated/α-hetero) is 1. The average Bonchev–Trinajstić information content (AvgIpc) is 2.97. The predicted octanol–water partition coefficient (Wildman–Crippen LogP) is 5.62. The van der Waals surface area contributed by atoms with E-state index in [1.165, 1.54) is 5.57 Å². The highest BCUT2D eigenvalue weighted by atomic mass is 16.2. The van der Waals surface area contributed by atoms with Crippen molar-refractivity contribution in [1.82, 2.24) is 9.78 Å². The van der Waals surface area contributed by atoms with E-state index in [2.05, 4.69) is 31.9 Å². The minimum atomic E-state index is -0.417. The van der Waals surface area contributed by atoms with Gasteiger partial charge < -0.3 is 4.90 Å². The molecule has 5 heteroatoms. The maximum Gasteiger partial charge on any atom is 0.227 e. The molecule has 0 radical (unpaired) electrons. The lowest BCUT2D eigenvalue weighted by atomic mass is 9.70. The van der Waals surface area contributed by atoms with Gasteiger partial charge in [-0.3, -0.25) is 14.3 Å². The van der Waals surface area contributed by atoms with Crippen LogP contribution in [0.2, 0.25) is 0 Å². The van der Waals surface area contributed by atoms with Crippen molar-refractivity contribution in [2.45, 2.75) is 78.7 Å². The number of allylic oxidation sites excluding steroid dienone is 1. The minimum Gasteiger partial charge on any atom is -0.300 e. The van der Waals surface area contributed by atoms with Crippen LogP contribution in [0.25, 0.3) is 0 Å². The van der Waals surface area contributed by atoms with Gasteiger partial charge in [-0.25, -0.2) is 0 Å². The molecule has 1 aliphatic heterocycles. The van der Waals surface area contributed by atoms with Crippen LogP contribution in [-0.4, -0.2) is 21.5 Å². The highest BCUT2D eigenvalue weighted by Gasteiger charge is 2.43. The summed E-state index contributed by atoms with van der Waals surface area (Å²) in [6, 6.07) is 7.76. The molecule has 1 aromatic carbocycles. The van der Waals surface area contributed by atoms with E-state index in [-0.39, 0.29) is 17.1 Å². The van der Waals surface area contributed by atoms with Crippen LogP contribution in [0.5, 0.6) is 0 Å². The summed E-state index contributed by atoms with van der Waals surface area (Å²) < 4.78 is 1.84. The summed E-state index contributed by atoms with van der Waals surface area (Å²) in [4.78, 5) is 29.3. The van der Waals surface area contributed by atoms with Gasteiger partial charge in [-0.05, 0) is 43.2 Å². The van der Waals surface area contributed by atoms with Crippen molar-refractivity contribution < 1.29 is 9.59 Å². The number of ketones is 1. The van der Waals surface area contributed by atoms with Crippen LogP contribution < -0.4 is 4.90 Å². The van der Waals surface area contributed by atoms with Gasteiger partial charge in [0, 0.05) is 42.4 Å². The number of carbonyl (C=O) groups excluding carboxylic acids is 2. The number of amides is 1. The van der Waals surface area contributed by atoms with Crippen molar-refractivity contribution >= 4 is 17.4 Å². The molecule has 2 heterocycles. The Morgan fingerprint density at radius 1 is 1.19 bits per heavy atom. The third kappa shape index (κ3) is 4.05. The molecule has 1 amide bonds. The molecule has 0 saturated heterocycles. The monoisotopic (exact) mass is 433 g/mol. The van der Waals surface area contributed by atoms with Crippen LogP contribution in [0.1, 0.15) is 82.2 Å². The molecule has 1 atom stereocenters. The van der Waals surface area contributed by atoms with Gasteiger partial charge in [-0.15, -0.1) is 0 Å². The number of anilines is 1. The fourth-order valence-corrected chi connectivity index (χ4v) is 5.36. The van der Waals surface area contributed by atoms with Crippen LogP contribution >= 0.6 is 0 Å². The Morgan fingerprint density at radius 3 is 2.62 bits per heavy atom. The van der Waals surface area contributed by atoms with E-state index in [4.69, 9.17) is 0 Å². The zero-order valence-electron chi connectivity index (χ0n) is 20.1. The molecule has 2 aromatic rings. The summed E-state index contributed by atoms with van der Waals surface area (Å²) in [5.74, 6) is 0.259. The summed E-state index contributed by atoms with van der Waals surface area (Å²) in [5, 5.41) is 4.48. The SMILES string of the molecule is CCCCCC(=O)N1c2ccccc2CC2=C(C(=O)CC(C)(C)C2)C1c1cnn(C)c1C. The maximum atomic E-state index is 13.8. The van der Waals surface area contributed by atoms with Gasteiger partial charge in [0.1, 0.15) is 0 Å². The Kier molecular flexibility index (Phi) is 6.11. The molecule has 1 unspecified atom stereocenters. The van der Waals surface area contributed by atoms with E-state index in [0.29, 0.717) is 12.8 Å². The molecular formula is C27H35N3O2. The van der Waals surface area contributed by atoms with Gasteiger partial charge in [0.05, 0.1) is 12.2 Å². The van der Waals surface area contributed by atoms with Crippen LogP contribution in [-0.2, 0) is 23.1 Å². The first kappa shape index (κ1) is 22.5. The molecule has 1 aromatic heterocycles. The molecular weight excluding hydrogens is 398 g/mol. The molecule has 170 valence electrons. The summed E-state index contributed by atoms with van der Waals surface area (Å²) in [6.07, 6.45) is 7.38. The normalized spacial score (nSPS) is 20.1. The smallest absolute Gasteiger partial charge is 0.227 e. The number of aryl methyl sites for hydroxylation is 1. The Hall–Kier alpha value is -2.69. The van der Waals surface area contributed by atoms with E-state index in [1.807, 2.05) is 47.9 Å². The summed E-state index contributed by atoms with van der Waals surface area (Å²) in [6.45, 7) is 8.51. The fourth-order valence-electron chi connectivity index (χ4n) is 5.36. The van der Waals surface area contributed by atoms with E-state index in [9.17, 15) is 9.59 Å². The van der Waals surface area contributed by atoms with Crippen LogP contribution in [0.15, 0.2) is 41.6 Å². The second kappa shape index (κ2) is 8.68. The largest absolute Gasteiger partial charge is 0.300 e. The molecule has 0 fully saturated rings. The topological polar surface area (TPSA) is 55.2 Å². The number of nitrogens with zero attached hydrogens (tertiary/aromatic N) is 3. The first-order valence-electron chi connectivity index (χ1n) is 11.9. The van der Waals surface area contributed by atoms with Crippen molar-refractivity contribution in [1.29, 1.82) is 0 Å². The number of fused-ring (bicyclic) bond motifs is 1. The highest BCUT2D eigenvalue weighted by Crippen LogP contribution is 2.48. The van der Waals surface area contributed by atoms with Crippen molar-refractivity contribution in [3.8, 4) is 0 Å². The van der Waals surface area contributed by atoms with Gasteiger partial charge in [0.2, 0.25) is 5.91 Å². The quantitative estimate of drug-likeness (QED) is 0.575. The first-order chi connectivity index (χ1) is 15.2. The zero-order valence-corrected chi connectivity index (χ0v) is 20.1. The molecule has 32 heavy (non-hydrogen) atoms. The second-order valence-electron chi connectivity index (χ2n) is 10.2. The number of unbranched alkanes of at least 4 members (excludes halogenated alkanes) is 2. The van der Waals surface area contributed by atoms with Crippen molar-refractivity contribution in [3.05, 3.63) is 58.4 Å². The van der Waals surface area contributed by atoms with Gasteiger partial charge in [-0.2, -0.15) is 5.10 Å². The lowest BCUT2D eigenvalue weighted by Crippen LogP contribution is -2.39.